The van der Waals surface area contributed by atoms with Crippen molar-refractivity contribution in [1.82, 2.24) is 0 Å². The van der Waals surface area contributed by atoms with Gasteiger partial charge in [0, 0.05) is 0 Å². The van der Waals surface area contributed by atoms with Gasteiger partial charge in [0.25, 0.3) is 10.1 Å². The third-order valence-electron chi connectivity index (χ3n) is 12.0. The first-order valence-corrected chi connectivity index (χ1v) is 15.7. The Morgan fingerprint density at radius 1 is 0.971 bits per heavy atom. The number of aliphatic hydroxyl groups is 3. The molecule has 0 aliphatic heterocycles. The minimum Gasteiger partial charge on any atom is -0.393 e. The SMILES string of the molecule is CC[C@@H]1[C@@H]2C[C@H](O)CC[C@]2(C)C2C[C@H](O)[C@@]3(C)C(CC[C@@H]3[C@@H](C)C[C@H](C)CS(=O)(=O)O)C2[C@]1(C)O. The van der Waals surface area contributed by atoms with Gasteiger partial charge < -0.3 is 15.3 Å². The lowest BCUT2D eigenvalue weighted by Crippen LogP contribution is -2.69. The summed E-state index contributed by atoms with van der Waals surface area (Å²) >= 11 is 0. The van der Waals surface area contributed by atoms with Gasteiger partial charge in [-0.25, -0.2) is 0 Å². The molecule has 4 saturated carbocycles. The van der Waals surface area contributed by atoms with Gasteiger partial charge in [0.1, 0.15) is 0 Å². The average Bonchev–Trinajstić information content (AvgIpc) is 3.07. The van der Waals surface area contributed by atoms with Gasteiger partial charge in [-0.15, -0.1) is 0 Å². The van der Waals surface area contributed by atoms with Gasteiger partial charge in [0.2, 0.25) is 0 Å². The van der Waals surface area contributed by atoms with Crippen molar-refractivity contribution in [3.05, 3.63) is 0 Å². The third-order valence-corrected chi connectivity index (χ3v) is 13.0. The van der Waals surface area contributed by atoms with Crippen molar-refractivity contribution >= 4 is 10.1 Å². The van der Waals surface area contributed by atoms with Crippen molar-refractivity contribution in [2.24, 2.45) is 58.2 Å². The summed E-state index contributed by atoms with van der Waals surface area (Å²) in [5.74, 6) is 1.06. The van der Waals surface area contributed by atoms with E-state index in [4.69, 9.17) is 0 Å². The maximum Gasteiger partial charge on any atom is 0.265 e. The van der Waals surface area contributed by atoms with Gasteiger partial charge in [0.05, 0.1) is 23.6 Å². The molecule has 0 aromatic rings. The Kier molecular flexibility index (Phi) is 7.32. The van der Waals surface area contributed by atoms with Gasteiger partial charge >= 0.3 is 0 Å². The summed E-state index contributed by atoms with van der Waals surface area (Å²) in [5, 5.41) is 34.6. The second-order valence-electron chi connectivity index (χ2n) is 13.9. The van der Waals surface area contributed by atoms with Gasteiger partial charge in [0.15, 0.2) is 0 Å². The molecule has 0 aromatic carbocycles. The highest BCUT2D eigenvalue weighted by Gasteiger charge is 2.70. The molecule has 7 heteroatoms. The molecule has 0 heterocycles. The molecule has 0 saturated heterocycles. The molecule has 204 valence electrons. The van der Waals surface area contributed by atoms with E-state index in [0.717, 1.165) is 38.5 Å². The summed E-state index contributed by atoms with van der Waals surface area (Å²) in [7, 11) is -4.00. The molecular weight excluding hydrogens is 464 g/mol. The van der Waals surface area contributed by atoms with Crippen LogP contribution in [0.25, 0.3) is 0 Å². The van der Waals surface area contributed by atoms with Crippen LogP contribution in [0.15, 0.2) is 0 Å². The molecule has 0 bridgehead atoms. The van der Waals surface area contributed by atoms with E-state index in [0.29, 0.717) is 12.8 Å². The summed E-state index contributed by atoms with van der Waals surface area (Å²) < 4.78 is 32.1. The van der Waals surface area contributed by atoms with Gasteiger partial charge in [-0.1, -0.05) is 41.0 Å². The molecule has 0 radical (unpaired) electrons. The number of fused-ring (bicyclic) bond motifs is 5. The Morgan fingerprint density at radius 3 is 2.23 bits per heavy atom. The number of aliphatic hydroxyl groups excluding tert-OH is 2. The molecule has 0 amide bonds. The largest absolute Gasteiger partial charge is 0.393 e. The maximum atomic E-state index is 12.3. The Labute approximate surface area is 213 Å². The number of hydrogen-bond acceptors (Lipinski definition) is 5. The van der Waals surface area contributed by atoms with Gasteiger partial charge in [-0.3, -0.25) is 4.55 Å². The zero-order chi connectivity index (χ0) is 26.1. The Balaban J connectivity index is 1.66. The highest BCUT2D eigenvalue weighted by molar-refractivity contribution is 7.85. The highest BCUT2D eigenvalue weighted by atomic mass is 32.2. The molecule has 4 aliphatic carbocycles. The number of hydrogen-bond donors (Lipinski definition) is 4. The van der Waals surface area contributed by atoms with Crippen molar-refractivity contribution in [1.29, 1.82) is 0 Å². The van der Waals surface area contributed by atoms with Crippen LogP contribution >= 0.6 is 0 Å². The summed E-state index contributed by atoms with van der Waals surface area (Å²) in [6, 6.07) is 0. The molecule has 4 rings (SSSR count). The fourth-order valence-corrected chi connectivity index (χ4v) is 11.5. The normalized spacial score (nSPS) is 51.7. The van der Waals surface area contributed by atoms with Crippen molar-refractivity contribution < 1.29 is 28.3 Å². The quantitative estimate of drug-likeness (QED) is 0.387. The van der Waals surface area contributed by atoms with Gasteiger partial charge in [-0.05, 0) is 110 Å². The topological polar surface area (TPSA) is 115 Å². The first kappa shape index (κ1) is 27.8. The molecule has 0 spiro atoms. The molecule has 6 nitrogen and oxygen atoms in total. The molecular formula is C28H50O6S. The Bertz CT molecular complexity index is 888. The second-order valence-corrected chi connectivity index (χ2v) is 15.4. The zero-order valence-electron chi connectivity index (χ0n) is 22.7. The summed E-state index contributed by atoms with van der Waals surface area (Å²) in [6.45, 7) is 12.9. The lowest BCUT2D eigenvalue weighted by atomic mass is 9.38. The van der Waals surface area contributed by atoms with Crippen LogP contribution in [-0.4, -0.2) is 51.9 Å². The second kappa shape index (κ2) is 9.21. The zero-order valence-corrected chi connectivity index (χ0v) is 23.5. The van der Waals surface area contributed by atoms with Crippen molar-refractivity contribution in [2.45, 2.75) is 111 Å². The minimum absolute atomic E-state index is 0.0167. The fourth-order valence-electron chi connectivity index (χ4n) is 10.6. The molecule has 4 aliphatic rings. The molecule has 4 N–H and O–H groups in total. The predicted octanol–water partition coefficient (Wildman–Crippen LogP) is 4.52. The predicted molar refractivity (Wildman–Crippen MR) is 137 cm³/mol. The van der Waals surface area contributed by atoms with Crippen LogP contribution in [0.1, 0.15) is 92.9 Å². The van der Waals surface area contributed by atoms with E-state index in [1.165, 1.54) is 0 Å². The average molecular weight is 515 g/mol. The first-order chi connectivity index (χ1) is 16.1. The van der Waals surface area contributed by atoms with Crippen LogP contribution in [0.3, 0.4) is 0 Å². The fraction of sp³-hybridized carbons (Fsp3) is 1.00. The minimum atomic E-state index is -4.00. The van der Waals surface area contributed by atoms with Crippen LogP contribution in [0.5, 0.6) is 0 Å². The standard InChI is InChI=1S/C28H50O6S/c1-7-19-22-13-18(29)10-11-26(22,4)23-14-24(30)27(5)20(8-9-21(27)25(23)28(19,6)31)17(3)12-16(2)15-35(32,33)34/h16-25,29-31H,7-15H2,1-6H3,(H,32,33,34)/t16-,17-,18+,19+,20+,21?,22-,23?,24-,25?,26-,27+,28+/m0/s1. The first-order valence-electron chi connectivity index (χ1n) is 14.1. The van der Waals surface area contributed by atoms with Crippen LogP contribution in [-0.2, 0) is 10.1 Å². The van der Waals surface area contributed by atoms with E-state index >= 15 is 0 Å². The van der Waals surface area contributed by atoms with Gasteiger partial charge in [-0.2, -0.15) is 8.42 Å². The van der Waals surface area contributed by atoms with E-state index in [9.17, 15) is 28.3 Å². The van der Waals surface area contributed by atoms with Crippen molar-refractivity contribution in [2.75, 3.05) is 5.75 Å². The Morgan fingerprint density at radius 2 is 1.63 bits per heavy atom. The van der Waals surface area contributed by atoms with Crippen molar-refractivity contribution in [3.63, 3.8) is 0 Å². The highest BCUT2D eigenvalue weighted by Crippen LogP contribution is 2.71. The lowest BCUT2D eigenvalue weighted by molar-refractivity contribution is -0.263. The monoisotopic (exact) mass is 514 g/mol. The van der Waals surface area contributed by atoms with Crippen LogP contribution in [0.2, 0.25) is 0 Å². The lowest BCUT2D eigenvalue weighted by Gasteiger charge is -2.68. The Hall–Kier alpha value is -0.210. The summed E-state index contributed by atoms with van der Waals surface area (Å²) in [4.78, 5) is 0. The third kappa shape index (κ3) is 4.43. The molecule has 3 unspecified atom stereocenters. The van der Waals surface area contributed by atoms with E-state index in [-0.39, 0.29) is 70.0 Å². The molecule has 4 fully saturated rings. The molecule has 0 aromatic heterocycles. The van der Waals surface area contributed by atoms with E-state index in [1.807, 2.05) is 13.8 Å². The molecule has 13 atom stereocenters. The summed E-state index contributed by atoms with van der Waals surface area (Å²) in [6.07, 6.45) is 5.98. The number of rotatable bonds is 6. The van der Waals surface area contributed by atoms with Crippen LogP contribution in [0, 0.1) is 58.2 Å². The van der Waals surface area contributed by atoms with Crippen LogP contribution < -0.4 is 0 Å². The summed E-state index contributed by atoms with van der Waals surface area (Å²) in [5.41, 5.74) is -1.15. The molecule has 35 heavy (non-hydrogen) atoms. The van der Waals surface area contributed by atoms with E-state index < -0.39 is 21.8 Å². The van der Waals surface area contributed by atoms with E-state index in [1.54, 1.807) is 0 Å². The van der Waals surface area contributed by atoms with Crippen molar-refractivity contribution in [3.8, 4) is 0 Å². The maximum absolute atomic E-state index is 12.3. The smallest absolute Gasteiger partial charge is 0.265 e. The van der Waals surface area contributed by atoms with Crippen LogP contribution in [0.4, 0.5) is 0 Å². The van der Waals surface area contributed by atoms with E-state index in [2.05, 4.69) is 27.7 Å².